The Bertz CT molecular complexity index is 688. The van der Waals surface area contributed by atoms with Gasteiger partial charge in [0.15, 0.2) is 18.4 Å². The summed E-state index contributed by atoms with van der Waals surface area (Å²) in [5, 5.41) is 0. The van der Waals surface area contributed by atoms with Crippen LogP contribution in [0.3, 0.4) is 0 Å². The van der Waals surface area contributed by atoms with Crippen LogP contribution in [0.1, 0.15) is 56.9 Å². The van der Waals surface area contributed by atoms with E-state index in [0.29, 0.717) is 11.5 Å². The number of hydrogen-bond acceptors (Lipinski definition) is 2. The molecule has 1 aliphatic rings. The largest absolute Gasteiger partial charge is 0.464 e. The molecule has 3 heteroatoms. The molecule has 3 rings (SSSR count). The summed E-state index contributed by atoms with van der Waals surface area (Å²) in [4.78, 5) is 0. The van der Waals surface area contributed by atoms with Crippen molar-refractivity contribution in [1.29, 1.82) is 0 Å². The predicted octanol–water partition coefficient (Wildman–Crippen LogP) is 6.55. The minimum Gasteiger partial charge on any atom is -0.464 e. The molecule has 26 heavy (non-hydrogen) atoms. The van der Waals surface area contributed by atoms with Crippen LogP contribution in [0.15, 0.2) is 42.5 Å². The van der Waals surface area contributed by atoms with E-state index in [4.69, 9.17) is 9.47 Å². The molecule has 0 radical (unpaired) electrons. The van der Waals surface area contributed by atoms with Crippen LogP contribution in [0.5, 0.6) is 5.75 Å². The Morgan fingerprint density at radius 3 is 2.38 bits per heavy atom. The molecule has 1 saturated carbocycles. The van der Waals surface area contributed by atoms with E-state index in [0.717, 1.165) is 11.5 Å². The Morgan fingerprint density at radius 1 is 1.00 bits per heavy atom. The van der Waals surface area contributed by atoms with E-state index in [2.05, 4.69) is 19.1 Å². The summed E-state index contributed by atoms with van der Waals surface area (Å²) in [5.74, 6) is 1.46. The van der Waals surface area contributed by atoms with Gasteiger partial charge in [0.2, 0.25) is 0 Å². The highest BCUT2D eigenvalue weighted by Gasteiger charge is 2.22. The van der Waals surface area contributed by atoms with Crippen LogP contribution in [0.25, 0.3) is 11.1 Å². The molecular weight excluding hydrogens is 327 g/mol. The van der Waals surface area contributed by atoms with Crippen LogP contribution in [0.4, 0.5) is 4.39 Å². The van der Waals surface area contributed by atoms with Crippen LogP contribution in [0, 0.1) is 11.7 Å². The molecule has 2 nitrogen and oxygen atoms in total. The molecule has 0 heterocycles. The first-order chi connectivity index (χ1) is 12.7. The average Bonchev–Trinajstić information content (AvgIpc) is 2.68. The second kappa shape index (κ2) is 9.18. The third-order valence-corrected chi connectivity index (χ3v) is 5.53. The molecule has 2 aromatic rings. The standard InChI is InChI=1S/C23H29FO2/c1-3-5-17-8-10-18(11-9-17)19-12-14-20(15-13-19)21-6-4-7-22(23(21)24)26-16-25-2/h4,6-7,12-15,17-18H,3,5,8-11,16H2,1-2H3. The fraction of sp³-hybridized carbons (Fsp3) is 0.478. The summed E-state index contributed by atoms with van der Waals surface area (Å²) >= 11 is 0. The van der Waals surface area contributed by atoms with Crippen molar-refractivity contribution in [3.8, 4) is 16.9 Å². The number of methoxy groups -OCH3 is 1. The Labute approximate surface area is 156 Å². The van der Waals surface area contributed by atoms with E-state index in [-0.39, 0.29) is 18.4 Å². The summed E-state index contributed by atoms with van der Waals surface area (Å²) in [5.41, 5.74) is 2.83. The van der Waals surface area contributed by atoms with Crippen molar-refractivity contribution in [3.05, 3.63) is 53.8 Å². The SMILES string of the molecule is CCCC1CCC(c2ccc(-c3cccc(OCOC)c3F)cc2)CC1. The van der Waals surface area contributed by atoms with Gasteiger partial charge >= 0.3 is 0 Å². The maximum Gasteiger partial charge on any atom is 0.188 e. The first-order valence-electron chi connectivity index (χ1n) is 9.73. The minimum absolute atomic E-state index is 0.0417. The van der Waals surface area contributed by atoms with Crippen molar-refractivity contribution in [1.82, 2.24) is 0 Å². The molecule has 0 aliphatic heterocycles. The average molecular weight is 356 g/mol. The van der Waals surface area contributed by atoms with Gasteiger partial charge in [-0.15, -0.1) is 0 Å². The van der Waals surface area contributed by atoms with E-state index in [1.807, 2.05) is 18.2 Å². The van der Waals surface area contributed by atoms with Gasteiger partial charge in [0.1, 0.15) is 0 Å². The Kier molecular flexibility index (Phi) is 6.67. The molecule has 2 aromatic carbocycles. The number of benzene rings is 2. The first kappa shape index (κ1) is 18.9. The van der Waals surface area contributed by atoms with Gasteiger partial charge in [-0.05, 0) is 54.7 Å². The topological polar surface area (TPSA) is 18.5 Å². The Hall–Kier alpha value is -1.87. The van der Waals surface area contributed by atoms with Crippen LogP contribution in [-0.2, 0) is 4.74 Å². The van der Waals surface area contributed by atoms with Gasteiger partial charge in [-0.25, -0.2) is 4.39 Å². The van der Waals surface area contributed by atoms with Crippen molar-refractivity contribution in [3.63, 3.8) is 0 Å². The van der Waals surface area contributed by atoms with Gasteiger partial charge in [-0.3, -0.25) is 0 Å². The van der Waals surface area contributed by atoms with Crippen molar-refractivity contribution < 1.29 is 13.9 Å². The summed E-state index contributed by atoms with van der Waals surface area (Å²) in [6, 6.07) is 13.6. The van der Waals surface area contributed by atoms with Crippen LogP contribution < -0.4 is 4.74 Å². The Balaban J connectivity index is 1.70. The Morgan fingerprint density at radius 2 is 1.73 bits per heavy atom. The van der Waals surface area contributed by atoms with Gasteiger partial charge in [-0.2, -0.15) is 0 Å². The second-order valence-corrected chi connectivity index (χ2v) is 7.30. The van der Waals surface area contributed by atoms with Crippen molar-refractivity contribution in [2.45, 2.75) is 51.4 Å². The van der Waals surface area contributed by atoms with E-state index in [1.165, 1.54) is 51.2 Å². The smallest absolute Gasteiger partial charge is 0.188 e. The maximum atomic E-state index is 14.7. The molecule has 0 bridgehead atoms. The molecule has 0 amide bonds. The van der Waals surface area contributed by atoms with Gasteiger partial charge in [0.05, 0.1) is 0 Å². The minimum atomic E-state index is -0.336. The molecule has 0 saturated heterocycles. The molecule has 0 spiro atoms. The summed E-state index contributed by atoms with van der Waals surface area (Å²) < 4.78 is 24.8. The zero-order valence-corrected chi connectivity index (χ0v) is 15.8. The molecule has 0 aromatic heterocycles. The summed E-state index contributed by atoms with van der Waals surface area (Å²) in [6.45, 7) is 2.32. The molecule has 1 aliphatic carbocycles. The molecular formula is C23H29FO2. The summed E-state index contributed by atoms with van der Waals surface area (Å²) in [7, 11) is 1.52. The van der Waals surface area contributed by atoms with Gasteiger partial charge in [0.25, 0.3) is 0 Å². The first-order valence-corrected chi connectivity index (χ1v) is 9.73. The van der Waals surface area contributed by atoms with Gasteiger partial charge in [0, 0.05) is 12.7 Å². The number of hydrogen-bond donors (Lipinski definition) is 0. The third kappa shape index (κ3) is 4.45. The van der Waals surface area contributed by atoms with Crippen molar-refractivity contribution >= 4 is 0 Å². The maximum absolute atomic E-state index is 14.7. The fourth-order valence-corrected chi connectivity index (χ4v) is 4.10. The zero-order valence-electron chi connectivity index (χ0n) is 15.8. The number of halogens is 1. The fourth-order valence-electron chi connectivity index (χ4n) is 4.10. The van der Waals surface area contributed by atoms with Crippen LogP contribution >= 0.6 is 0 Å². The normalized spacial score (nSPS) is 20.1. The monoisotopic (exact) mass is 356 g/mol. The number of ether oxygens (including phenoxy) is 2. The van der Waals surface area contributed by atoms with Gasteiger partial charge < -0.3 is 9.47 Å². The van der Waals surface area contributed by atoms with Crippen molar-refractivity contribution in [2.75, 3.05) is 13.9 Å². The lowest BCUT2D eigenvalue weighted by Gasteiger charge is -2.28. The molecule has 1 fully saturated rings. The zero-order chi connectivity index (χ0) is 18.4. The lowest BCUT2D eigenvalue weighted by Crippen LogP contribution is -2.13. The molecule has 0 atom stereocenters. The van der Waals surface area contributed by atoms with Crippen molar-refractivity contribution in [2.24, 2.45) is 5.92 Å². The highest BCUT2D eigenvalue weighted by Crippen LogP contribution is 2.38. The second-order valence-electron chi connectivity index (χ2n) is 7.30. The molecule has 140 valence electrons. The van der Waals surface area contributed by atoms with Crippen LogP contribution in [0.2, 0.25) is 0 Å². The highest BCUT2D eigenvalue weighted by atomic mass is 19.1. The predicted molar refractivity (Wildman–Crippen MR) is 104 cm³/mol. The van der Waals surface area contributed by atoms with E-state index in [9.17, 15) is 4.39 Å². The molecule has 0 unspecified atom stereocenters. The lowest BCUT2D eigenvalue weighted by atomic mass is 9.77. The highest BCUT2D eigenvalue weighted by molar-refractivity contribution is 5.66. The van der Waals surface area contributed by atoms with Gasteiger partial charge in [-0.1, -0.05) is 56.2 Å². The van der Waals surface area contributed by atoms with E-state index < -0.39 is 0 Å². The lowest BCUT2D eigenvalue weighted by molar-refractivity contribution is 0.0484. The summed E-state index contributed by atoms with van der Waals surface area (Å²) in [6.07, 6.45) is 7.90. The van der Waals surface area contributed by atoms with E-state index >= 15 is 0 Å². The number of rotatable bonds is 7. The quantitative estimate of drug-likeness (QED) is 0.524. The molecule has 0 N–H and O–H groups in total. The van der Waals surface area contributed by atoms with E-state index in [1.54, 1.807) is 12.1 Å². The third-order valence-electron chi connectivity index (χ3n) is 5.53. The van der Waals surface area contributed by atoms with Crippen LogP contribution in [-0.4, -0.2) is 13.9 Å².